The molecule has 1 aromatic rings. The first-order valence-corrected chi connectivity index (χ1v) is 5.34. The van der Waals surface area contributed by atoms with E-state index in [1.54, 1.807) is 0 Å². The topological polar surface area (TPSA) is 26.3 Å². The van der Waals surface area contributed by atoms with Gasteiger partial charge in [-0.3, -0.25) is 0 Å². The number of carbonyl (C=O) groups excluding carboxylic acids is 1. The van der Waals surface area contributed by atoms with Crippen molar-refractivity contribution >= 4 is 28.0 Å². The number of rotatable bonds is 2. The maximum atomic E-state index is 10.8. The van der Waals surface area contributed by atoms with Crippen LogP contribution in [0, 0.1) is 0 Å². The molecule has 0 aliphatic carbocycles. The zero-order valence-corrected chi connectivity index (χ0v) is 9.53. The third-order valence-electron chi connectivity index (χ3n) is 2.04. The van der Waals surface area contributed by atoms with E-state index in [1.165, 1.54) is 6.08 Å². The maximum absolute atomic E-state index is 10.8. The van der Waals surface area contributed by atoms with Gasteiger partial charge >= 0.3 is 5.97 Å². The van der Waals surface area contributed by atoms with Gasteiger partial charge in [-0.2, -0.15) is 0 Å². The van der Waals surface area contributed by atoms with E-state index in [0.29, 0.717) is 6.61 Å². The van der Waals surface area contributed by atoms with E-state index in [-0.39, 0.29) is 5.97 Å². The molecule has 2 nitrogen and oxygen atoms in total. The van der Waals surface area contributed by atoms with Crippen LogP contribution >= 0.6 is 15.9 Å². The summed E-state index contributed by atoms with van der Waals surface area (Å²) >= 11 is 3.37. The standard InChI is InChI=1S/C12H9BrO2/c13-11-5-3-9(4-6-11)1-2-10-7-12(14)15-8-10/h1-7H,8H2/b2-1+. The molecule has 15 heavy (non-hydrogen) atoms. The molecular formula is C12H9BrO2. The number of cyclic esters (lactones) is 1. The highest BCUT2D eigenvalue weighted by molar-refractivity contribution is 9.10. The predicted octanol–water partition coefficient (Wildman–Crippen LogP) is 2.95. The van der Waals surface area contributed by atoms with E-state index in [2.05, 4.69) is 15.9 Å². The highest BCUT2D eigenvalue weighted by Crippen LogP contribution is 2.13. The number of ether oxygens (including phenoxy) is 1. The van der Waals surface area contributed by atoms with E-state index in [9.17, 15) is 4.79 Å². The van der Waals surface area contributed by atoms with Crippen molar-refractivity contribution in [2.45, 2.75) is 0 Å². The molecule has 0 amide bonds. The van der Waals surface area contributed by atoms with Gasteiger partial charge in [0.15, 0.2) is 0 Å². The Morgan fingerprint density at radius 1 is 1.20 bits per heavy atom. The number of halogens is 1. The molecule has 0 radical (unpaired) electrons. The third-order valence-corrected chi connectivity index (χ3v) is 2.57. The zero-order valence-electron chi connectivity index (χ0n) is 7.94. The molecule has 2 rings (SSSR count). The van der Waals surface area contributed by atoms with Crippen molar-refractivity contribution in [2.24, 2.45) is 0 Å². The predicted molar refractivity (Wildman–Crippen MR) is 62.2 cm³/mol. The van der Waals surface area contributed by atoms with Gasteiger partial charge in [0, 0.05) is 10.5 Å². The molecule has 0 aromatic heterocycles. The number of carbonyl (C=O) groups is 1. The Kier molecular flexibility index (Phi) is 3.02. The first kappa shape index (κ1) is 10.2. The fourth-order valence-electron chi connectivity index (χ4n) is 1.26. The second kappa shape index (κ2) is 4.45. The average molecular weight is 265 g/mol. The Labute approximate surface area is 96.4 Å². The lowest BCUT2D eigenvalue weighted by molar-refractivity contribution is -0.134. The van der Waals surface area contributed by atoms with Crippen LogP contribution < -0.4 is 0 Å². The third kappa shape index (κ3) is 2.80. The van der Waals surface area contributed by atoms with Crippen LogP contribution in [0.2, 0.25) is 0 Å². The summed E-state index contributed by atoms with van der Waals surface area (Å²) in [5, 5.41) is 0. The first-order valence-electron chi connectivity index (χ1n) is 4.55. The summed E-state index contributed by atoms with van der Waals surface area (Å²) in [6.07, 6.45) is 5.36. The number of esters is 1. The van der Waals surface area contributed by atoms with Crippen molar-refractivity contribution in [1.29, 1.82) is 0 Å². The molecule has 1 aliphatic rings. The minimum atomic E-state index is -0.259. The molecule has 0 atom stereocenters. The maximum Gasteiger partial charge on any atom is 0.331 e. The van der Waals surface area contributed by atoms with Crippen LogP contribution in [-0.4, -0.2) is 12.6 Å². The molecule has 0 fully saturated rings. The van der Waals surface area contributed by atoms with E-state index < -0.39 is 0 Å². The Bertz CT molecular complexity index is 429. The smallest absolute Gasteiger partial charge is 0.331 e. The molecule has 0 unspecified atom stereocenters. The van der Waals surface area contributed by atoms with Gasteiger partial charge in [-0.15, -0.1) is 0 Å². The lowest BCUT2D eigenvalue weighted by atomic mass is 10.2. The Balaban J connectivity index is 2.08. The van der Waals surface area contributed by atoms with Crippen LogP contribution in [0.25, 0.3) is 6.08 Å². The van der Waals surface area contributed by atoms with Gasteiger partial charge in [-0.1, -0.05) is 40.2 Å². The normalized spacial score (nSPS) is 15.5. The second-order valence-electron chi connectivity index (χ2n) is 3.21. The summed E-state index contributed by atoms with van der Waals surface area (Å²) in [7, 11) is 0. The van der Waals surface area contributed by atoms with Crippen molar-refractivity contribution in [3.63, 3.8) is 0 Å². The minimum Gasteiger partial charge on any atom is -0.458 e. The lowest BCUT2D eigenvalue weighted by Gasteiger charge is -1.94. The molecule has 76 valence electrons. The van der Waals surface area contributed by atoms with Gasteiger partial charge in [-0.25, -0.2) is 4.79 Å². The van der Waals surface area contributed by atoms with Crippen LogP contribution in [0.5, 0.6) is 0 Å². The quantitative estimate of drug-likeness (QED) is 0.768. The van der Waals surface area contributed by atoms with Crippen LogP contribution in [0.15, 0.2) is 46.5 Å². The van der Waals surface area contributed by atoms with Gasteiger partial charge in [0.2, 0.25) is 0 Å². The number of hydrogen-bond acceptors (Lipinski definition) is 2. The minimum absolute atomic E-state index is 0.259. The molecule has 0 spiro atoms. The summed E-state index contributed by atoms with van der Waals surface area (Å²) in [5.41, 5.74) is 2.00. The largest absolute Gasteiger partial charge is 0.458 e. The Morgan fingerprint density at radius 3 is 2.53 bits per heavy atom. The second-order valence-corrected chi connectivity index (χ2v) is 4.13. The molecule has 0 saturated heterocycles. The van der Waals surface area contributed by atoms with E-state index in [1.807, 2.05) is 36.4 Å². The Hall–Kier alpha value is -1.35. The molecule has 1 aromatic carbocycles. The van der Waals surface area contributed by atoms with Gasteiger partial charge in [0.25, 0.3) is 0 Å². The lowest BCUT2D eigenvalue weighted by Crippen LogP contribution is -1.90. The van der Waals surface area contributed by atoms with Crippen molar-refractivity contribution in [2.75, 3.05) is 6.61 Å². The van der Waals surface area contributed by atoms with Gasteiger partial charge in [-0.05, 0) is 23.3 Å². The fraction of sp³-hybridized carbons (Fsp3) is 0.0833. The van der Waals surface area contributed by atoms with E-state index in [4.69, 9.17) is 4.74 Å². The van der Waals surface area contributed by atoms with Gasteiger partial charge in [0.05, 0.1) is 0 Å². The summed E-state index contributed by atoms with van der Waals surface area (Å²) in [6, 6.07) is 7.95. The monoisotopic (exact) mass is 264 g/mol. The van der Waals surface area contributed by atoms with Crippen molar-refractivity contribution in [3.05, 3.63) is 52.0 Å². The van der Waals surface area contributed by atoms with Crippen molar-refractivity contribution < 1.29 is 9.53 Å². The molecule has 3 heteroatoms. The number of benzene rings is 1. The molecular weight excluding hydrogens is 256 g/mol. The number of hydrogen-bond donors (Lipinski definition) is 0. The van der Waals surface area contributed by atoms with Crippen LogP contribution in [-0.2, 0) is 9.53 Å². The summed E-state index contributed by atoms with van der Waals surface area (Å²) < 4.78 is 5.84. The van der Waals surface area contributed by atoms with Crippen molar-refractivity contribution in [1.82, 2.24) is 0 Å². The molecule has 0 bridgehead atoms. The van der Waals surface area contributed by atoms with E-state index >= 15 is 0 Å². The van der Waals surface area contributed by atoms with E-state index in [0.717, 1.165) is 15.6 Å². The van der Waals surface area contributed by atoms with Crippen LogP contribution in [0.3, 0.4) is 0 Å². The molecule has 0 saturated carbocycles. The fourth-order valence-corrected chi connectivity index (χ4v) is 1.53. The summed E-state index contributed by atoms with van der Waals surface area (Å²) in [5.74, 6) is -0.259. The first-order chi connectivity index (χ1) is 7.24. The SMILES string of the molecule is O=C1C=C(/C=C/c2ccc(Br)cc2)CO1. The summed E-state index contributed by atoms with van der Waals surface area (Å²) in [4.78, 5) is 10.8. The van der Waals surface area contributed by atoms with Gasteiger partial charge in [0.1, 0.15) is 6.61 Å². The van der Waals surface area contributed by atoms with Gasteiger partial charge < -0.3 is 4.74 Å². The molecule has 0 N–H and O–H groups in total. The summed E-state index contributed by atoms with van der Waals surface area (Å²) in [6.45, 7) is 0.381. The van der Waals surface area contributed by atoms with Crippen LogP contribution in [0.4, 0.5) is 0 Å². The van der Waals surface area contributed by atoms with Crippen LogP contribution in [0.1, 0.15) is 5.56 Å². The zero-order chi connectivity index (χ0) is 10.7. The Morgan fingerprint density at radius 2 is 1.93 bits per heavy atom. The van der Waals surface area contributed by atoms with Crippen molar-refractivity contribution in [3.8, 4) is 0 Å². The highest BCUT2D eigenvalue weighted by Gasteiger charge is 2.09. The molecule has 1 heterocycles. The average Bonchev–Trinajstić information content (AvgIpc) is 2.64. The molecule has 1 aliphatic heterocycles. The highest BCUT2D eigenvalue weighted by atomic mass is 79.9.